The molecule has 0 saturated heterocycles. The molecule has 0 rings (SSSR count). The molecule has 0 aromatic heterocycles. The van der Waals surface area contributed by atoms with E-state index < -0.39 is 7.60 Å². The topological polar surface area (TPSA) is 57.5 Å². The Morgan fingerprint density at radius 2 is 1.27 bits per heavy atom. The molecule has 5 heteroatoms. The first kappa shape index (κ1) is 18.5. The fourth-order valence-electron chi connectivity index (χ4n) is 1.45. The fraction of sp³-hybridized carbons (Fsp3) is 1.00. The number of hydrogen-bond acceptors (Lipinski definition) is 1. The van der Waals surface area contributed by atoms with Gasteiger partial charge in [0.2, 0.25) is 0 Å². The predicted molar refractivity (Wildman–Crippen MR) is 65.3 cm³/mol. The molecule has 0 aromatic carbocycles. The van der Waals surface area contributed by atoms with Gasteiger partial charge in [0.15, 0.2) is 0 Å². The first-order valence-electron chi connectivity index (χ1n) is 5.61. The summed E-state index contributed by atoms with van der Waals surface area (Å²) in [5, 5.41) is 0. The molecule has 0 aliphatic heterocycles. The van der Waals surface area contributed by atoms with Crippen LogP contribution in [0.25, 0.3) is 0 Å². The second kappa shape index (κ2) is 11.6. The summed E-state index contributed by atoms with van der Waals surface area (Å²) in [5.74, 6) is 0. The summed E-state index contributed by atoms with van der Waals surface area (Å²) >= 11 is 0. The standard InChI is InChI=1S/C10H23O3P.Na/c1-2-3-4-5-6-7-8-9-10-14(11,12)13;/h2-10H2,1H3,(H2,11,12,13);. The summed E-state index contributed by atoms with van der Waals surface area (Å²) in [7, 11) is -3.73. The maximum absolute atomic E-state index is 10.5. The monoisotopic (exact) mass is 245 g/mol. The summed E-state index contributed by atoms with van der Waals surface area (Å²) in [6, 6.07) is 0. The molecule has 0 atom stereocenters. The molecular formula is C10H23NaO3P. The summed E-state index contributed by atoms with van der Waals surface area (Å²) in [5.41, 5.74) is 0. The minimum atomic E-state index is -3.73. The van der Waals surface area contributed by atoms with Crippen molar-refractivity contribution in [2.75, 3.05) is 6.16 Å². The average Bonchev–Trinajstić information content (AvgIpc) is 2.08. The second-order valence-corrected chi connectivity index (χ2v) is 5.64. The number of hydrogen-bond donors (Lipinski definition) is 2. The number of rotatable bonds is 9. The summed E-state index contributed by atoms with van der Waals surface area (Å²) in [6.45, 7) is 2.19. The van der Waals surface area contributed by atoms with Crippen LogP contribution < -0.4 is 0 Å². The van der Waals surface area contributed by atoms with Gasteiger partial charge in [-0.25, -0.2) is 0 Å². The van der Waals surface area contributed by atoms with Crippen molar-refractivity contribution in [2.45, 2.75) is 58.3 Å². The molecule has 0 heterocycles. The molecule has 87 valence electrons. The van der Waals surface area contributed by atoms with E-state index in [1.54, 1.807) is 0 Å². The molecule has 0 spiro atoms. The zero-order valence-corrected chi connectivity index (χ0v) is 13.0. The van der Waals surface area contributed by atoms with E-state index in [9.17, 15) is 4.57 Å². The summed E-state index contributed by atoms with van der Waals surface area (Å²) in [6.07, 6.45) is 9.14. The largest absolute Gasteiger partial charge is 0.325 e. The van der Waals surface area contributed by atoms with Crippen LogP contribution in [-0.2, 0) is 4.57 Å². The van der Waals surface area contributed by atoms with Crippen molar-refractivity contribution in [1.29, 1.82) is 0 Å². The molecule has 0 bridgehead atoms. The van der Waals surface area contributed by atoms with Crippen LogP contribution in [0.2, 0.25) is 0 Å². The molecule has 3 nitrogen and oxygen atoms in total. The van der Waals surface area contributed by atoms with Crippen molar-refractivity contribution in [1.82, 2.24) is 0 Å². The van der Waals surface area contributed by atoms with Crippen molar-refractivity contribution in [3.05, 3.63) is 0 Å². The third-order valence-corrected chi connectivity index (χ3v) is 3.20. The fourth-order valence-corrected chi connectivity index (χ4v) is 2.09. The van der Waals surface area contributed by atoms with Crippen molar-refractivity contribution in [3.8, 4) is 0 Å². The average molecular weight is 245 g/mol. The minimum absolute atomic E-state index is 0. The van der Waals surface area contributed by atoms with E-state index in [4.69, 9.17) is 9.79 Å². The van der Waals surface area contributed by atoms with Crippen LogP contribution in [0.4, 0.5) is 0 Å². The van der Waals surface area contributed by atoms with Crippen LogP contribution in [0.5, 0.6) is 0 Å². The Kier molecular flexibility index (Phi) is 14.4. The van der Waals surface area contributed by atoms with Gasteiger partial charge in [-0.05, 0) is 6.42 Å². The van der Waals surface area contributed by atoms with Crippen LogP contribution in [0.15, 0.2) is 0 Å². The Labute approximate surface area is 115 Å². The van der Waals surface area contributed by atoms with Gasteiger partial charge in [-0.2, -0.15) is 0 Å². The Morgan fingerprint density at radius 3 is 1.67 bits per heavy atom. The first-order valence-corrected chi connectivity index (χ1v) is 7.40. The Hall–Kier alpha value is 1.15. The Morgan fingerprint density at radius 1 is 0.867 bits per heavy atom. The smallest absolute Gasteiger partial charge is 0.324 e. The molecular weight excluding hydrogens is 222 g/mol. The Bertz CT molecular complexity index is 170. The van der Waals surface area contributed by atoms with E-state index in [2.05, 4.69) is 6.92 Å². The molecule has 0 aliphatic carbocycles. The summed E-state index contributed by atoms with van der Waals surface area (Å²) in [4.78, 5) is 17.2. The van der Waals surface area contributed by atoms with Gasteiger partial charge in [-0.3, -0.25) is 4.57 Å². The van der Waals surface area contributed by atoms with Gasteiger partial charge in [0, 0.05) is 35.7 Å². The summed E-state index contributed by atoms with van der Waals surface area (Å²) < 4.78 is 10.5. The zero-order valence-electron chi connectivity index (χ0n) is 10.1. The quantitative estimate of drug-likeness (QED) is 0.373. The second-order valence-electron chi connectivity index (χ2n) is 3.86. The van der Waals surface area contributed by atoms with E-state index in [0.29, 0.717) is 6.42 Å². The van der Waals surface area contributed by atoms with Crippen molar-refractivity contribution < 1.29 is 14.4 Å². The van der Waals surface area contributed by atoms with E-state index >= 15 is 0 Å². The van der Waals surface area contributed by atoms with Gasteiger partial charge in [0.25, 0.3) is 0 Å². The van der Waals surface area contributed by atoms with Crippen molar-refractivity contribution >= 4 is 37.2 Å². The van der Waals surface area contributed by atoms with Crippen LogP contribution in [0.3, 0.4) is 0 Å². The van der Waals surface area contributed by atoms with Crippen molar-refractivity contribution in [2.24, 2.45) is 0 Å². The molecule has 0 saturated carbocycles. The molecule has 0 fully saturated rings. The van der Waals surface area contributed by atoms with Gasteiger partial charge in [-0.15, -0.1) is 0 Å². The molecule has 1 radical (unpaired) electrons. The zero-order chi connectivity index (χ0) is 10.9. The third kappa shape index (κ3) is 17.7. The van der Waals surface area contributed by atoms with Crippen molar-refractivity contribution in [3.63, 3.8) is 0 Å². The van der Waals surface area contributed by atoms with Gasteiger partial charge >= 0.3 is 7.60 Å². The van der Waals surface area contributed by atoms with E-state index in [0.717, 1.165) is 12.8 Å². The van der Waals surface area contributed by atoms with Crippen LogP contribution in [0, 0.1) is 0 Å². The minimum Gasteiger partial charge on any atom is -0.324 e. The van der Waals surface area contributed by atoms with E-state index in [1.807, 2.05) is 0 Å². The molecule has 0 unspecified atom stereocenters. The van der Waals surface area contributed by atoms with Gasteiger partial charge < -0.3 is 9.79 Å². The van der Waals surface area contributed by atoms with Crippen LogP contribution in [0.1, 0.15) is 58.3 Å². The predicted octanol–water partition coefficient (Wildman–Crippen LogP) is 2.92. The molecule has 15 heavy (non-hydrogen) atoms. The number of unbranched alkanes of at least 4 members (excludes halogenated alkanes) is 7. The first-order chi connectivity index (χ1) is 6.56. The van der Waals surface area contributed by atoms with Crippen LogP contribution in [-0.4, -0.2) is 45.5 Å². The van der Waals surface area contributed by atoms with Crippen LogP contribution >= 0.6 is 7.60 Å². The maximum atomic E-state index is 10.5. The van der Waals surface area contributed by atoms with Gasteiger partial charge in [-0.1, -0.05) is 51.9 Å². The molecule has 2 N–H and O–H groups in total. The molecule has 0 aromatic rings. The normalized spacial score (nSPS) is 11.1. The molecule has 0 amide bonds. The van der Waals surface area contributed by atoms with Gasteiger partial charge in [0.1, 0.15) is 0 Å². The van der Waals surface area contributed by atoms with Gasteiger partial charge in [0.05, 0.1) is 0 Å². The third-order valence-electron chi connectivity index (χ3n) is 2.30. The van der Waals surface area contributed by atoms with E-state index in [-0.39, 0.29) is 35.7 Å². The SMILES string of the molecule is CCCCCCCCCCP(=O)(O)O.[Na]. The van der Waals surface area contributed by atoms with E-state index in [1.165, 1.54) is 32.1 Å². The Balaban J connectivity index is 0. The molecule has 0 aliphatic rings. The maximum Gasteiger partial charge on any atom is 0.325 e.